The first-order valence-electron chi connectivity index (χ1n) is 4.50. The number of hydrogen-bond acceptors (Lipinski definition) is 4. The van der Waals surface area contributed by atoms with Gasteiger partial charge in [0.15, 0.2) is 5.78 Å². The molecule has 4 N–H and O–H groups in total. The van der Waals surface area contributed by atoms with Crippen molar-refractivity contribution in [3.8, 4) is 0 Å². The summed E-state index contributed by atoms with van der Waals surface area (Å²) in [6, 6.07) is -1.41. The summed E-state index contributed by atoms with van der Waals surface area (Å²) in [5.41, 5.74) is 0. The van der Waals surface area contributed by atoms with E-state index < -0.39 is 31.3 Å². The van der Waals surface area contributed by atoms with Gasteiger partial charge in [-0.1, -0.05) is 19.9 Å². The Balaban J connectivity index is 5.13. The Labute approximate surface area is 93.1 Å². The van der Waals surface area contributed by atoms with Gasteiger partial charge in [-0.15, -0.1) is 6.58 Å². The van der Waals surface area contributed by atoms with Crippen molar-refractivity contribution in [1.29, 1.82) is 0 Å². The van der Waals surface area contributed by atoms with Gasteiger partial charge >= 0.3 is 13.6 Å². The first kappa shape index (κ1) is 15.3. The smallest absolute Gasteiger partial charge is 0.348 e. The second-order valence-electron chi connectivity index (χ2n) is 3.65. The summed E-state index contributed by atoms with van der Waals surface area (Å²) in [6.45, 7) is 6.19. The molecule has 0 radical (unpaired) electrons. The molecule has 0 spiro atoms. The molecule has 0 fully saturated rings. The summed E-state index contributed by atoms with van der Waals surface area (Å²) in [6.07, 6.45) is 0.819. The van der Waals surface area contributed by atoms with Gasteiger partial charge in [0.25, 0.3) is 0 Å². The standard InChI is InChI=1S/C8H16NO6P/c1-4-6(16(13,14)15)9(12)7(5(2)3)8(10)11/h4-7,12H,1H2,2-3H3,(H,10,11)(H2,13,14,15)/t6?,7-/m0/s1. The predicted octanol–water partition coefficient (Wildman–Crippen LogP) is 0.477. The number of rotatable bonds is 6. The SMILES string of the molecule is C=CC(N(O)[C@H](C(=O)O)C(C)C)P(=O)(O)O. The normalized spacial score (nSPS) is 16.2. The fourth-order valence-corrected chi connectivity index (χ4v) is 1.99. The van der Waals surface area contributed by atoms with Crippen molar-refractivity contribution in [3.05, 3.63) is 12.7 Å². The highest BCUT2D eigenvalue weighted by Crippen LogP contribution is 2.44. The average molecular weight is 253 g/mol. The zero-order valence-electron chi connectivity index (χ0n) is 9.02. The summed E-state index contributed by atoms with van der Waals surface area (Å²) in [5, 5.41) is 18.5. The Morgan fingerprint density at radius 2 is 1.88 bits per heavy atom. The molecule has 0 amide bonds. The van der Waals surface area contributed by atoms with Crippen LogP contribution in [0.3, 0.4) is 0 Å². The zero-order chi connectivity index (χ0) is 13.1. The summed E-state index contributed by atoms with van der Waals surface area (Å²) in [5.74, 6) is -3.61. The second kappa shape index (κ2) is 5.56. The number of carboxylic acids is 1. The molecule has 7 nitrogen and oxygen atoms in total. The van der Waals surface area contributed by atoms with Crippen LogP contribution in [0, 0.1) is 5.92 Å². The third kappa shape index (κ3) is 3.70. The van der Waals surface area contributed by atoms with Crippen molar-refractivity contribution in [3.63, 3.8) is 0 Å². The topological polar surface area (TPSA) is 118 Å². The van der Waals surface area contributed by atoms with Crippen LogP contribution in [0.15, 0.2) is 12.7 Å². The summed E-state index contributed by atoms with van der Waals surface area (Å²) >= 11 is 0. The summed E-state index contributed by atoms with van der Waals surface area (Å²) in [7, 11) is -4.67. The van der Waals surface area contributed by atoms with E-state index in [1.165, 1.54) is 13.8 Å². The molecule has 0 bridgehead atoms. The molecule has 8 heteroatoms. The highest BCUT2D eigenvalue weighted by atomic mass is 31.2. The minimum Gasteiger partial charge on any atom is -0.480 e. The first-order valence-corrected chi connectivity index (χ1v) is 6.18. The van der Waals surface area contributed by atoms with Crippen LogP contribution in [0.4, 0.5) is 0 Å². The molecule has 0 aromatic rings. The monoisotopic (exact) mass is 253 g/mol. The maximum absolute atomic E-state index is 11.0. The molecule has 94 valence electrons. The van der Waals surface area contributed by atoms with Gasteiger partial charge in [-0.2, -0.15) is 5.06 Å². The van der Waals surface area contributed by atoms with E-state index in [0.717, 1.165) is 6.08 Å². The minimum absolute atomic E-state index is 0.140. The van der Waals surface area contributed by atoms with E-state index in [2.05, 4.69) is 6.58 Å². The van der Waals surface area contributed by atoms with Gasteiger partial charge in [-0.05, 0) is 5.92 Å². The van der Waals surface area contributed by atoms with E-state index in [4.69, 9.17) is 14.9 Å². The molecular formula is C8H16NO6P. The Morgan fingerprint density at radius 3 is 2.06 bits per heavy atom. The number of nitrogens with zero attached hydrogens (tertiary/aromatic N) is 1. The van der Waals surface area contributed by atoms with Gasteiger partial charge in [-0.3, -0.25) is 9.36 Å². The van der Waals surface area contributed by atoms with Crippen LogP contribution < -0.4 is 0 Å². The van der Waals surface area contributed by atoms with Gasteiger partial charge in [0.05, 0.1) is 0 Å². The van der Waals surface area contributed by atoms with Crippen molar-refractivity contribution >= 4 is 13.6 Å². The molecule has 0 rings (SSSR count). The first-order chi connectivity index (χ1) is 7.12. The number of hydrogen-bond donors (Lipinski definition) is 4. The van der Waals surface area contributed by atoms with E-state index in [-0.39, 0.29) is 5.06 Å². The Kier molecular flexibility index (Phi) is 5.31. The van der Waals surface area contributed by atoms with Crippen LogP contribution >= 0.6 is 7.60 Å². The predicted molar refractivity (Wildman–Crippen MR) is 55.9 cm³/mol. The van der Waals surface area contributed by atoms with E-state index in [9.17, 15) is 14.6 Å². The van der Waals surface area contributed by atoms with E-state index in [0.29, 0.717) is 0 Å². The van der Waals surface area contributed by atoms with Gasteiger partial charge in [0.1, 0.15) is 6.04 Å². The zero-order valence-corrected chi connectivity index (χ0v) is 9.91. The quantitative estimate of drug-likeness (QED) is 0.309. The van der Waals surface area contributed by atoms with Gasteiger partial charge in [0.2, 0.25) is 0 Å². The van der Waals surface area contributed by atoms with Gasteiger partial charge in [-0.25, -0.2) is 0 Å². The third-order valence-electron chi connectivity index (χ3n) is 2.00. The molecular weight excluding hydrogens is 237 g/mol. The largest absolute Gasteiger partial charge is 0.480 e. The third-order valence-corrected chi connectivity index (χ3v) is 3.13. The lowest BCUT2D eigenvalue weighted by Crippen LogP contribution is -2.47. The molecule has 16 heavy (non-hydrogen) atoms. The van der Waals surface area contributed by atoms with E-state index in [1.807, 2.05) is 0 Å². The van der Waals surface area contributed by atoms with Crippen LogP contribution in [0.25, 0.3) is 0 Å². The molecule has 2 atom stereocenters. The van der Waals surface area contributed by atoms with Crippen molar-refractivity contribution in [1.82, 2.24) is 5.06 Å². The molecule has 0 aromatic heterocycles. The summed E-state index contributed by atoms with van der Waals surface area (Å²) < 4.78 is 11.0. The maximum atomic E-state index is 11.0. The van der Waals surface area contributed by atoms with Crippen LogP contribution in [0.2, 0.25) is 0 Å². The second-order valence-corrected chi connectivity index (χ2v) is 5.35. The number of carboxylic acid groups (broad SMARTS) is 1. The Morgan fingerprint density at radius 1 is 1.44 bits per heavy atom. The van der Waals surface area contributed by atoms with Gasteiger partial charge in [0, 0.05) is 0 Å². The van der Waals surface area contributed by atoms with Crippen LogP contribution in [-0.2, 0) is 9.36 Å². The Bertz CT molecular complexity index is 312. The fourth-order valence-electron chi connectivity index (χ4n) is 1.27. The molecule has 0 aliphatic heterocycles. The molecule has 0 saturated carbocycles. The van der Waals surface area contributed by atoms with Crippen LogP contribution in [-0.4, -0.2) is 43.0 Å². The number of aliphatic carboxylic acids is 1. The van der Waals surface area contributed by atoms with Crippen LogP contribution in [0.1, 0.15) is 13.8 Å². The highest BCUT2D eigenvalue weighted by Gasteiger charge is 2.39. The minimum atomic E-state index is -4.67. The highest BCUT2D eigenvalue weighted by molar-refractivity contribution is 7.52. The van der Waals surface area contributed by atoms with Crippen molar-refractivity contribution < 1.29 is 29.5 Å². The summed E-state index contributed by atoms with van der Waals surface area (Å²) in [4.78, 5) is 28.7. The molecule has 1 unspecified atom stereocenters. The Hall–Kier alpha value is -0.720. The molecule has 0 aromatic carbocycles. The van der Waals surface area contributed by atoms with Gasteiger partial charge < -0.3 is 20.1 Å². The molecule has 0 aliphatic rings. The van der Waals surface area contributed by atoms with E-state index in [1.54, 1.807) is 0 Å². The van der Waals surface area contributed by atoms with E-state index >= 15 is 0 Å². The van der Waals surface area contributed by atoms with Crippen LogP contribution in [0.5, 0.6) is 0 Å². The fraction of sp³-hybridized carbons (Fsp3) is 0.625. The number of carbonyl (C=O) groups is 1. The van der Waals surface area contributed by atoms with Crippen molar-refractivity contribution in [2.24, 2.45) is 5.92 Å². The number of hydroxylamine groups is 2. The van der Waals surface area contributed by atoms with Crippen molar-refractivity contribution in [2.75, 3.05) is 0 Å². The van der Waals surface area contributed by atoms with Crippen molar-refractivity contribution in [2.45, 2.75) is 25.7 Å². The molecule has 0 saturated heterocycles. The average Bonchev–Trinajstić information content (AvgIpc) is 1.99. The maximum Gasteiger partial charge on any atom is 0.348 e. The lowest BCUT2D eigenvalue weighted by atomic mass is 10.0. The lowest BCUT2D eigenvalue weighted by molar-refractivity contribution is -0.177. The molecule has 0 heterocycles. The molecule has 0 aliphatic carbocycles. The lowest BCUT2D eigenvalue weighted by Gasteiger charge is -2.30.